The Hall–Kier alpha value is -2.98. The summed E-state index contributed by atoms with van der Waals surface area (Å²) in [7, 11) is 0. The first-order chi connectivity index (χ1) is 12.3. The SMILES string of the molecule is O=C1C=CC=CC1=C1SC(c2ccccc2)=C(O)N1c1ccccc1. The van der Waals surface area contributed by atoms with Crippen molar-refractivity contribution in [3.05, 3.63) is 107 Å². The average molecular weight is 345 g/mol. The fourth-order valence-electron chi connectivity index (χ4n) is 2.80. The number of aliphatic hydroxyl groups is 1. The molecular formula is C21H15NO2S. The molecule has 0 radical (unpaired) electrons. The summed E-state index contributed by atoms with van der Waals surface area (Å²) >= 11 is 1.41. The fraction of sp³-hybridized carbons (Fsp3) is 0. The fourth-order valence-corrected chi connectivity index (χ4v) is 3.99. The first kappa shape index (κ1) is 15.5. The number of thioether (sulfide) groups is 1. The number of allylic oxidation sites excluding steroid dienone is 5. The van der Waals surface area contributed by atoms with Crippen LogP contribution < -0.4 is 4.90 Å². The third-order valence-corrected chi connectivity index (χ3v) is 5.20. The number of hydrogen-bond donors (Lipinski definition) is 1. The van der Waals surface area contributed by atoms with Gasteiger partial charge in [-0.1, -0.05) is 72.4 Å². The Bertz CT molecular complexity index is 940. The van der Waals surface area contributed by atoms with E-state index in [1.807, 2.05) is 66.7 Å². The van der Waals surface area contributed by atoms with Crippen molar-refractivity contribution in [2.75, 3.05) is 4.90 Å². The molecule has 1 N–H and O–H groups in total. The van der Waals surface area contributed by atoms with Gasteiger partial charge in [0.1, 0.15) is 0 Å². The molecule has 3 nitrogen and oxygen atoms in total. The summed E-state index contributed by atoms with van der Waals surface area (Å²) in [5, 5.41) is 11.7. The van der Waals surface area contributed by atoms with E-state index in [0.717, 1.165) is 16.2 Å². The molecule has 0 saturated carbocycles. The van der Waals surface area contributed by atoms with Gasteiger partial charge in [-0.3, -0.25) is 9.69 Å². The summed E-state index contributed by atoms with van der Waals surface area (Å²) < 4.78 is 0. The van der Waals surface area contributed by atoms with Crippen molar-refractivity contribution < 1.29 is 9.90 Å². The molecule has 0 spiro atoms. The van der Waals surface area contributed by atoms with Crippen LogP contribution in [-0.2, 0) is 4.79 Å². The number of anilines is 1. The molecule has 0 atom stereocenters. The highest BCUT2D eigenvalue weighted by molar-refractivity contribution is 8.12. The first-order valence-corrected chi connectivity index (χ1v) is 8.72. The number of benzene rings is 2. The maximum absolute atomic E-state index is 12.4. The van der Waals surface area contributed by atoms with Gasteiger partial charge in [0.2, 0.25) is 5.88 Å². The lowest BCUT2D eigenvalue weighted by molar-refractivity contribution is -0.111. The zero-order valence-corrected chi connectivity index (χ0v) is 14.1. The third kappa shape index (κ3) is 2.81. The second kappa shape index (κ2) is 6.49. The molecule has 1 aliphatic carbocycles. The van der Waals surface area contributed by atoms with E-state index in [1.54, 1.807) is 23.1 Å². The van der Waals surface area contributed by atoms with Crippen LogP contribution in [0.5, 0.6) is 0 Å². The number of aliphatic hydroxyl groups excluding tert-OH is 1. The van der Waals surface area contributed by atoms with Crippen molar-refractivity contribution >= 4 is 28.1 Å². The van der Waals surface area contributed by atoms with E-state index in [0.29, 0.717) is 10.6 Å². The zero-order valence-electron chi connectivity index (χ0n) is 13.3. The lowest BCUT2D eigenvalue weighted by Crippen LogP contribution is -2.19. The van der Waals surface area contributed by atoms with Crippen LogP contribution in [0, 0.1) is 0 Å². The van der Waals surface area contributed by atoms with Crippen LogP contribution in [0.25, 0.3) is 4.91 Å². The molecule has 122 valence electrons. The number of ketones is 1. The Labute approximate surface area is 150 Å². The number of carbonyl (C=O) groups is 1. The molecule has 0 amide bonds. The van der Waals surface area contributed by atoms with Gasteiger partial charge >= 0.3 is 0 Å². The van der Waals surface area contributed by atoms with Gasteiger partial charge in [-0.2, -0.15) is 0 Å². The lowest BCUT2D eigenvalue weighted by Gasteiger charge is -2.21. The van der Waals surface area contributed by atoms with Gasteiger partial charge in [-0.25, -0.2) is 0 Å². The molecule has 0 fully saturated rings. The third-order valence-electron chi connectivity index (χ3n) is 3.98. The minimum absolute atomic E-state index is 0.0620. The van der Waals surface area contributed by atoms with Crippen LogP contribution in [0.1, 0.15) is 5.56 Å². The summed E-state index contributed by atoms with van der Waals surface area (Å²) in [5.74, 6) is 0.0775. The highest BCUT2D eigenvalue weighted by Gasteiger charge is 2.33. The Kier molecular flexibility index (Phi) is 4.04. The van der Waals surface area contributed by atoms with Gasteiger partial charge in [0, 0.05) is 5.69 Å². The molecule has 1 heterocycles. The van der Waals surface area contributed by atoms with Crippen LogP contribution in [-0.4, -0.2) is 10.9 Å². The Balaban J connectivity index is 1.89. The largest absolute Gasteiger partial charge is 0.493 e. The molecule has 0 bridgehead atoms. The minimum Gasteiger partial charge on any atom is -0.493 e. The summed E-state index contributed by atoms with van der Waals surface area (Å²) in [4.78, 5) is 14.9. The highest BCUT2D eigenvalue weighted by atomic mass is 32.2. The van der Waals surface area contributed by atoms with E-state index in [2.05, 4.69) is 0 Å². The molecule has 0 aromatic heterocycles. The molecule has 2 aromatic rings. The van der Waals surface area contributed by atoms with Crippen molar-refractivity contribution in [3.8, 4) is 0 Å². The van der Waals surface area contributed by atoms with Gasteiger partial charge in [-0.15, -0.1) is 0 Å². The molecule has 2 aromatic carbocycles. The monoisotopic (exact) mass is 345 g/mol. The standard InChI is InChI=1S/C21H15NO2S/c23-18-14-8-7-13-17(18)21-22(16-11-5-2-6-12-16)20(24)19(25-21)15-9-3-1-4-10-15/h1-14,24H. The Morgan fingerprint density at radius 1 is 0.840 bits per heavy atom. The average Bonchev–Trinajstić information content (AvgIpc) is 3.00. The topological polar surface area (TPSA) is 40.5 Å². The van der Waals surface area contributed by atoms with Crippen molar-refractivity contribution in [1.82, 2.24) is 0 Å². The van der Waals surface area contributed by atoms with Crippen molar-refractivity contribution in [2.24, 2.45) is 0 Å². The minimum atomic E-state index is -0.0620. The van der Waals surface area contributed by atoms with E-state index < -0.39 is 0 Å². The second-order valence-electron chi connectivity index (χ2n) is 5.59. The quantitative estimate of drug-likeness (QED) is 0.775. The number of hydrogen-bond acceptors (Lipinski definition) is 4. The van der Waals surface area contributed by atoms with Gasteiger partial charge in [0.05, 0.1) is 15.5 Å². The van der Waals surface area contributed by atoms with E-state index in [1.165, 1.54) is 11.8 Å². The first-order valence-electron chi connectivity index (χ1n) is 7.91. The van der Waals surface area contributed by atoms with Crippen molar-refractivity contribution in [1.29, 1.82) is 0 Å². The number of para-hydroxylation sites is 1. The highest BCUT2D eigenvalue weighted by Crippen LogP contribution is 2.49. The number of nitrogens with zero attached hydrogens (tertiary/aromatic N) is 1. The van der Waals surface area contributed by atoms with E-state index >= 15 is 0 Å². The smallest absolute Gasteiger partial charge is 0.211 e. The van der Waals surface area contributed by atoms with E-state index in [9.17, 15) is 9.90 Å². The molecule has 2 aliphatic rings. The Morgan fingerprint density at radius 3 is 2.16 bits per heavy atom. The molecule has 4 heteroatoms. The second-order valence-corrected chi connectivity index (χ2v) is 6.59. The van der Waals surface area contributed by atoms with Gasteiger partial charge in [-0.05, 0) is 29.8 Å². The van der Waals surface area contributed by atoms with Crippen molar-refractivity contribution in [3.63, 3.8) is 0 Å². The molecule has 0 saturated heterocycles. The van der Waals surface area contributed by atoms with Crippen LogP contribution >= 0.6 is 11.8 Å². The zero-order chi connectivity index (χ0) is 17.2. The predicted molar refractivity (Wildman–Crippen MR) is 103 cm³/mol. The molecule has 0 unspecified atom stereocenters. The van der Waals surface area contributed by atoms with Crippen molar-refractivity contribution in [2.45, 2.75) is 0 Å². The summed E-state index contributed by atoms with van der Waals surface area (Å²) in [6.07, 6.45) is 6.90. The molecular weight excluding hydrogens is 330 g/mol. The number of rotatable bonds is 2. The Morgan fingerprint density at radius 2 is 1.48 bits per heavy atom. The van der Waals surface area contributed by atoms with Crippen LogP contribution in [0.4, 0.5) is 5.69 Å². The molecule has 1 aliphatic heterocycles. The van der Waals surface area contributed by atoms with Gasteiger partial charge < -0.3 is 5.11 Å². The van der Waals surface area contributed by atoms with E-state index in [-0.39, 0.29) is 11.7 Å². The van der Waals surface area contributed by atoms with Crippen LogP contribution in [0.15, 0.2) is 101 Å². The summed E-state index contributed by atoms with van der Waals surface area (Å²) in [6, 6.07) is 19.3. The maximum Gasteiger partial charge on any atom is 0.211 e. The van der Waals surface area contributed by atoms with Gasteiger partial charge in [0.25, 0.3) is 0 Å². The number of carbonyl (C=O) groups excluding carboxylic acids is 1. The van der Waals surface area contributed by atoms with E-state index in [4.69, 9.17) is 0 Å². The predicted octanol–water partition coefficient (Wildman–Crippen LogP) is 5.03. The maximum atomic E-state index is 12.4. The summed E-state index contributed by atoms with van der Waals surface area (Å²) in [5.41, 5.74) is 2.31. The molecule has 4 rings (SSSR count). The summed E-state index contributed by atoms with van der Waals surface area (Å²) in [6.45, 7) is 0. The van der Waals surface area contributed by atoms with Crippen LogP contribution in [0.3, 0.4) is 0 Å². The lowest BCUT2D eigenvalue weighted by atomic mass is 10.1. The molecule has 25 heavy (non-hydrogen) atoms. The normalized spacial score (nSPS) is 19.8. The van der Waals surface area contributed by atoms with Gasteiger partial charge in [0.15, 0.2) is 5.78 Å². The van der Waals surface area contributed by atoms with Crippen LogP contribution in [0.2, 0.25) is 0 Å².